The fraction of sp³-hybridized carbons (Fsp3) is 0.364. The van der Waals surface area contributed by atoms with Crippen molar-refractivity contribution < 1.29 is 25.2 Å². The van der Waals surface area contributed by atoms with E-state index in [1.807, 2.05) is 0 Å². The lowest BCUT2D eigenvalue weighted by atomic mass is 9.99. The molecular formula is C11H15NO5. The molecule has 0 saturated carbocycles. The molecule has 0 spiro atoms. The number of hydrogen-bond donors (Lipinski definition) is 5. The zero-order valence-corrected chi connectivity index (χ0v) is 9.08. The minimum atomic E-state index is -1.32. The number of nitrogens with two attached hydrogens (primary N) is 1. The van der Waals surface area contributed by atoms with Gasteiger partial charge in [0.05, 0.1) is 19.1 Å². The van der Waals surface area contributed by atoms with Crippen LogP contribution in [0.1, 0.15) is 23.7 Å². The number of carbonyl (C=O) groups excluding carboxylic acids is 1. The standard InChI is InChI=1S/C11H15NO5/c12-10(16)4-9(15)11(17)6-1-2-8(14)7(3-6)5-13/h1-3,9,11,13-15,17H,4-5H2,(H2,12,16). The zero-order valence-electron chi connectivity index (χ0n) is 9.08. The molecule has 0 aliphatic carbocycles. The number of aliphatic hydroxyl groups is 3. The maximum atomic E-state index is 10.6. The van der Waals surface area contributed by atoms with E-state index in [1.54, 1.807) is 0 Å². The lowest BCUT2D eigenvalue weighted by Gasteiger charge is -2.17. The predicted molar refractivity (Wildman–Crippen MR) is 58.8 cm³/mol. The maximum absolute atomic E-state index is 10.6. The van der Waals surface area contributed by atoms with E-state index in [-0.39, 0.29) is 17.7 Å². The molecule has 6 N–H and O–H groups in total. The van der Waals surface area contributed by atoms with E-state index in [2.05, 4.69) is 0 Å². The Morgan fingerprint density at radius 3 is 2.53 bits per heavy atom. The molecule has 0 aromatic heterocycles. The molecule has 0 fully saturated rings. The number of primary amides is 1. The summed E-state index contributed by atoms with van der Waals surface area (Å²) in [6.07, 6.45) is -2.98. The third-order valence-electron chi connectivity index (χ3n) is 2.39. The number of carbonyl (C=O) groups is 1. The molecule has 0 bridgehead atoms. The predicted octanol–water partition coefficient (Wildman–Crippen LogP) is -0.846. The normalized spacial score (nSPS) is 14.3. The van der Waals surface area contributed by atoms with Gasteiger partial charge in [-0.1, -0.05) is 6.07 Å². The summed E-state index contributed by atoms with van der Waals surface area (Å²) in [7, 11) is 0. The van der Waals surface area contributed by atoms with Crippen LogP contribution in [-0.4, -0.2) is 32.4 Å². The molecule has 1 aromatic rings. The number of amides is 1. The van der Waals surface area contributed by atoms with E-state index in [4.69, 9.17) is 10.8 Å². The molecule has 0 saturated heterocycles. The highest BCUT2D eigenvalue weighted by molar-refractivity contribution is 5.74. The first-order valence-electron chi connectivity index (χ1n) is 5.02. The van der Waals surface area contributed by atoms with Crippen molar-refractivity contribution in [1.29, 1.82) is 0 Å². The largest absolute Gasteiger partial charge is 0.508 e. The summed E-state index contributed by atoms with van der Waals surface area (Å²) in [4.78, 5) is 10.6. The van der Waals surface area contributed by atoms with Gasteiger partial charge in [0.25, 0.3) is 0 Å². The van der Waals surface area contributed by atoms with Gasteiger partial charge in [0.2, 0.25) is 5.91 Å². The maximum Gasteiger partial charge on any atom is 0.220 e. The van der Waals surface area contributed by atoms with Crippen molar-refractivity contribution in [1.82, 2.24) is 0 Å². The molecule has 6 nitrogen and oxygen atoms in total. The van der Waals surface area contributed by atoms with E-state index < -0.39 is 24.7 Å². The fourth-order valence-corrected chi connectivity index (χ4v) is 1.46. The van der Waals surface area contributed by atoms with Crippen LogP contribution >= 0.6 is 0 Å². The average Bonchev–Trinajstić information content (AvgIpc) is 2.27. The molecule has 6 heteroatoms. The van der Waals surface area contributed by atoms with E-state index in [1.165, 1.54) is 18.2 Å². The van der Waals surface area contributed by atoms with Gasteiger partial charge in [-0.15, -0.1) is 0 Å². The molecule has 1 rings (SSSR count). The Hall–Kier alpha value is -1.63. The first-order valence-corrected chi connectivity index (χ1v) is 5.02. The van der Waals surface area contributed by atoms with Gasteiger partial charge in [-0.3, -0.25) is 4.79 Å². The van der Waals surface area contributed by atoms with Crippen LogP contribution in [0.5, 0.6) is 5.75 Å². The van der Waals surface area contributed by atoms with Gasteiger partial charge in [-0.05, 0) is 17.7 Å². The minimum Gasteiger partial charge on any atom is -0.508 e. The summed E-state index contributed by atoms with van der Waals surface area (Å²) in [5.74, 6) is -0.828. The first-order chi connectivity index (χ1) is 7.95. The molecule has 1 aromatic carbocycles. The molecule has 0 radical (unpaired) electrons. The Morgan fingerprint density at radius 2 is 2.00 bits per heavy atom. The second-order valence-corrected chi connectivity index (χ2v) is 3.73. The molecule has 1 amide bonds. The molecule has 0 aliphatic rings. The number of phenols is 1. The van der Waals surface area contributed by atoms with Crippen molar-refractivity contribution in [3.8, 4) is 5.75 Å². The highest BCUT2D eigenvalue weighted by Crippen LogP contribution is 2.25. The van der Waals surface area contributed by atoms with Crippen LogP contribution in [0, 0.1) is 0 Å². The lowest BCUT2D eigenvalue weighted by molar-refractivity contribution is -0.121. The number of hydrogen-bond acceptors (Lipinski definition) is 5. The molecule has 2 atom stereocenters. The van der Waals surface area contributed by atoms with Crippen LogP contribution in [0.3, 0.4) is 0 Å². The summed E-state index contributed by atoms with van der Waals surface area (Å²) in [6.45, 7) is -0.391. The number of benzene rings is 1. The number of aromatic hydroxyl groups is 1. The number of aliphatic hydroxyl groups excluding tert-OH is 3. The van der Waals surface area contributed by atoms with Crippen LogP contribution in [0.15, 0.2) is 18.2 Å². The quantitative estimate of drug-likeness (QED) is 0.459. The van der Waals surface area contributed by atoms with Gasteiger partial charge in [0.15, 0.2) is 0 Å². The van der Waals surface area contributed by atoms with Gasteiger partial charge in [0, 0.05) is 5.56 Å². The summed E-state index contributed by atoms with van der Waals surface area (Å²) >= 11 is 0. The van der Waals surface area contributed by atoms with E-state index in [0.29, 0.717) is 5.56 Å². The molecule has 0 aliphatic heterocycles. The zero-order chi connectivity index (χ0) is 13.0. The van der Waals surface area contributed by atoms with Crippen molar-refractivity contribution in [3.05, 3.63) is 29.3 Å². The first kappa shape index (κ1) is 13.4. The lowest BCUT2D eigenvalue weighted by Crippen LogP contribution is -2.25. The van der Waals surface area contributed by atoms with Gasteiger partial charge in [-0.2, -0.15) is 0 Å². The van der Waals surface area contributed by atoms with Crippen LogP contribution in [-0.2, 0) is 11.4 Å². The van der Waals surface area contributed by atoms with Crippen molar-refractivity contribution in [2.75, 3.05) is 0 Å². The Balaban J connectivity index is 2.88. The van der Waals surface area contributed by atoms with Gasteiger partial charge >= 0.3 is 0 Å². The monoisotopic (exact) mass is 241 g/mol. The molecule has 17 heavy (non-hydrogen) atoms. The Morgan fingerprint density at radius 1 is 1.35 bits per heavy atom. The highest BCUT2D eigenvalue weighted by Gasteiger charge is 2.21. The van der Waals surface area contributed by atoms with Crippen LogP contribution in [0.2, 0.25) is 0 Å². The third-order valence-corrected chi connectivity index (χ3v) is 2.39. The Labute approximate surface area is 97.9 Å². The summed E-state index contributed by atoms with van der Waals surface area (Å²) < 4.78 is 0. The number of rotatable bonds is 5. The van der Waals surface area contributed by atoms with Gasteiger partial charge < -0.3 is 26.2 Å². The van der Waals surface area contributed by atoms with E-state index >= 15 is 0 Å². The van der Waals surface area contributed by atoms with Crippen molar-refractivity contribution in [3.63, 3.8) is 0 Å². The third kappa shape index (κ3) is 3.42. The second-order valence-electron chi connectivity index (χ2n) is 3.73. The van der Waals surface area contributed by atoms with E-state index in [9.17, 15) is 20.1 Å². The Kier molecular flexibility index (Phi) is 4.45. The summed E-state index contributed by atoms with van der Waals surface area (Å²) in [5.41, 5.74) is 5.42. The highest BCUT2D eigenvalue weighted by atomic mass is 16.3. The van der Waals surface area contributed by atoms with Gasteiger partial charge in [-0.25, -0.2) is 0 Å². The molecule has 94 valence electrons. The summed E-state index contributed by atoms with van der Waals surface area (Å²) in [6, 6.07) is 4.04. The smallest absolute Gasteiger partial charge is 0.220 e. The average molecular weight is 241 g/mol. The molecular weight excluding hydrogens is 226 g/mol. The minimum absolute atomic E-state index is 0.104. The Bertz CT molecular complexity index is 407. The van der Waals surface area contributed by atoms with Crippen LogP contribution < -0.4 is 5.73 Å². The summed E-state index contributed by atoms with van der Waals surface area (Å²) in [5, 5.41) is 37.5. The topological polar surface area (TPSA) is 124 Å². The van der Waals surface area contributed by atoms with Crippen molar-refractivity contribution >= 4 is 5.91 Å². The molecule has 2 unspecified atom stereocenters. The van der Waals surface area contributed by atoms with Crippen LogP contribution in [0.25, 0.3) is 0 Å². The van der Waals surface area contributed by atoms with Crippen molar-refractivity contribution in [2.45, 2.75) is 25.2 Å². The molecule has 0 heterocycles. The van der Waals surface area contributed by atoms with E-state index in [0.717, 1.165) is 0 Å². The SMILES string of the molecule is NC(=O)CC(O)C(O)c1ccc(O)c(CO)c1. The second kappa shape index (κ2) is 5.62. The fourth-order valence-electron chi connectivity index (χ4n) is 1.46. The van der Waals surface area contributed by atoms with Gasteiger partial charge in [0.1, 0.15) is 11.9 Å². The van der Waals surface area contributed by atoms with Crippen LogP contribution in [0.4, 0.5) is 0 Å². The van der Waals surface area contributed by atoms with Crippen molar-refractivity contribution in [2.24, 2.45) is 5.73 Å².